The highest BCUT2D eigenvalue weighted by atomic mass is 16.3. The predicted octanol–water partition coefficient (Wildman–Crippen LogP) is 5.67. The summed E-state index contributed by atoms with van der Waals surface area (Å²) in [5, 5.41) is 10.7. The van der Waals surface area contributed by atoms with E-state index in [9.17, 15) is 9.90 Å². The number of hydrogen-bond donors (Lipinski definition) is 1. The molecule has 158 valence electrons. The lowest BCUT2D eigenvalue weighted by atomic mass is 9.44. The minimum Gasteiger partial charge on any atom is -0.390 e. The average molecular weight is 396 g/mol. The van der Waals surface area contributed by atoms with Crippen LogP contribution in [-0.4, -0.2) is 21.5 Å². The van der Waals surface area contributed by atoms with Gasteiger partial charge in [-0.2, -0.15) is 0 Å². The maximum Gasteiger partial charge on any atom is 0.184 e. The molecule has 0 aliphatic heterocycles. The lowest BCUT2D eigenvalue weighted by molar-refractivity contribution is -0.144. The van der Waals surface area contributed by atoms with Gasteiger partial charge in [-0.05, 0) is 111 Å². The standard InChI is InChI=1S/C26H37NO2/c1-24(29)13-14-25(2)17(16-24)7-8-18-19-9-10-21(26(19,3)12-11-20(18)25)23(28)22-6-4-5-15-27-22/h4-6,15,17-21,29H,7-14,16H2,1-3H3/t17-,18+,19+,20+,21-,24-,25?,26+/m1/s1. The third kappa shape index (κ3) is 2.94. The van der Waals surface area contributed by atoms with E-state index in [2.05, 4.69) is 18.8 Å². The van der Waals surface area contributed by atoms with Crippen LogP contribution in [0.4, 0.5) is 0 Å². The number of Topliss-reactive ketones (excluding diaryl/α,β-unsaturated/α-hetero) is 1. The first-order chi connectivity index (χ1) is 13.7. The number of nitrogens with zero attached hydrogens (tertiary/aromatic N) is 1. The number of aliphatic hydroxyl groups is 1. The van der Waals surface area contributed by atoms with Gasteiger partial charge in [-0.15, -0.1) is 0 Å². The summed E-state index contributed by atoms with van der Waals surface area (Å²) in [6.07, 6.45) is 12.1. The molecule has 1 aromatic heterocycles. The molecule has 4 aliphatic rings. The zero-order valence-corrected chi connectivity index (χ0v) is 18.4. The number of carbonyl (C=O) groups is 1. The molecule has 4 aliphatic carbocycles. The fraction of sp³-hybridized carbons (Fsp3) is 0.769. The van der Waals surface area contributed by atoms with E-state index in [-0.39, 0.29) is 17.1 Å². The van der Waals surface area contributed by atoms with E-state index in [4.69, 9.17) is 0 Å². The molecule has 8 atom stereocenters. The summed E-state index contributed by atoms with van der Waals surface area (Å²) in [7, 11) is 0. The summed E-state index contributed by atoms with van der Waals surface area (Å²) >= 11 is 0. The molecule has 3 heteroatoms. The van der Waals surface area contributed by atoms with E-state index < -0.39 is 5.60 Å². The molecule has 1 N–H and O–H groups in total. The van der Waals surface area contributed by atoms with Crippen molar-refractivity contribution in [3.05, 3.63) is 30.1 Å². The Bertz CT molecular complexity index is 789. The van der Waals surface area contributed by atoms with Crippen molar-refractivity contribution in [3.63, 3.8) is 0 Å². The molecule has 0 aromatic carbocycles. The number of hydrogen-bond acceptors (Lipinski definition) is 3. The minimum atomic E-state index is -0.465. The van der Waals surface area contributed by atoms with Gasteiger partial charge in [-0.1, -0.05) is 19.9 Å². The normalized spacial score (nSPS) is 49.0. The van der Waals surface area contributed by atoms with Gasteiger partial charge in [-0.25, -0.2) is 0 Å². The van der Waals surface area contributed by atoms with Crippen LogP contribution in [0.25, 0.3) is 0 Å². The Morgan fingerprint density at radius 2 is 1.76 bits per heavy atom. The Balaban J connectivity index is 1.40. The second-order valence-electron chi connectivity index (χ2n) is 11.6. The summed E-state index contributed by atoms with van der Waals surface area (Å²) in [6, 6.07) is 5.72. The van der Waals surface area contributed by atoms with Crippen molar-refractivity contribution < 1.29 is 9.90 Å². The quantitative estimate of drug-likeness (QED) is 0.656. The van der Waals surface area contributed by atoms with Gasteiger partial charge in [0, 0.05) is 12.1 Å². The third-order valence-electron chi connectivity index (χ3n) is 10.2. The Kier molecular flexibility index (Phi) is 4.52. The van der Waals surface area contributed by atoms with Crippen LogP contribution in [0.2, 0.25) is 0 Å². The molecular weight excluding hydrogens is 358 g/mol. The van der Waals surface area contributed by atoms with Gasteiger partial charge in [0.1, 0.15) is 5.69 Å². The summed E-state index contributed by atoms with van der Waals surface area (Å²) in [5.41, 5.74) is 0.717. The lowest BCUT2D eigenvalue weighted by Gasteiger charge is -2.61. The maximum absolute atomic E-state index is 13.3. The number of pyridine rings is 1. The lowest BCUT2D eigenvalue weighted by Crippen LogP contribution is -2.55. The second-order valence-corrected chi connectivity index (χ2v) is 11.6. The van der Waals surface area contributed by atoms with Crippen LogP contribution in [0, 0.1) is 40.4 Å². The molecule has 3 nitrogen and oxygen atoms in total. The minimum absolute atomic E-state index is 0.138. The Hall–Kier alpha value is -1.22. The zero-order chi connectivity index (χ0) is 20.4. The molecular formula is C26H37NO2. The van der Waals surface area contributed by atoms with Crippen molar-refractivity contribution >= 4 is 5.78 Å². The van der Waals surface area contributed by atoms with Crippen molar-refractivity contribution in [3.8, 4) is 0 Å². The second kappa shape index (κ2) is 6.64. The van der Waals surface area contributed by atoms with E-state index in [0.717, 1.165) is 31.1 Å². The Labute approximate surface area is 175 Å². The number of fused-ring (bicyclic) bond motifs is 5. The first kappa shape index (κ1) is 19.7. The van der Waals surface area contributed by atoms with Gasteiger partial charge in [0.15, 0.2) is 5.78 Å². The van der Waals surface area contributed by atoms with E-state index in [1.807, 2.05) is 25.1 Å². The van der Waals surface area contributed by atoms with Crippen LogP contribution in [0.3, 0.4) is 0 Å². The molecule has 4 saturated carbocycles. The van der Waals surface area contributed by atoms with Crippen molar-refractivity contribution in [1.82, 2.24) is 4.98 Å². The average Bonchev–Trinajstić information content (AvgIpc) is 3.06. The first-order valence-electron chi connectivity index (χ1n) is 11.9. The molecule has 1 heterocycles. The number of carbonyl (C=O) groups excluding carboxylic acids is 1. The van der Waals surface area contributed by atoms with E-state index in [1.54, 1.807) is 6.20 Å². The van der Waals surface area contributed by atoms with E-state index >= 15 is 0 Å². The molecule has 0 amide bonds. The summed E-state index contributed by atoms with van der Waals surface area (Å²) < 4.78 is 0. The van der Waals surface area contributed by atoms with Crippen LogP contribution in [0.15, 0.2) is 24.4 Å². The summed E-state index contributed by atoms with van der Waals surface area (Å²) in [6.45, 7) is 7.01. The van der Waals surface area contributed by atoms with Crippen molar-refractivity contribution in [2.45, 2.75) is 84.2 Å². The van der Waals surface area contributed by atoms with Gasteiger partial charge in [-0.3, -0.25) is 9.78 Å². The van der Waals surface area contributed by atoms with Crippen molar-refractivity contribution in [2.24, 2.45) is 40.4 Å². The molecule has 0 radical (unpaired) electrons. The van der Waals surface area contributed by atoms with Crippen molar-refractivity contribution in [2.75, 3.05) is 0 Å². The van der Waals surface area contributed by atoms with E-state index in [0.29, 0.717) is 22.9 Å². The monoisotopic (exact) mass is 395 g/mol. The highest BCUT2D eigenvalue weighted by Crippen LogP contribution is 2.68. The Morgan fingerprint density at radius 3 is 2.52 bits per heavy atom. The molecule has 5 rings (SSSR count). The highest BCUT2D eigenvalue weighted by molar-refractivity contribution is 5.96. The molecule has 1 unspecified atom stereocenters. The third-order valence-corrected chi connectivity index (χ3v) is 10.2. The van der Waals surface area contributed by atoms with Crippen LogP contribution in [0.5, 0.6) is 0 Å². The van der Waals surface area contributed by atoms with Gasteiger partial charge >= 0.3 is 0 Å². The van der Waals surface area contributed by atoms with Gasteiger partial charge in [0.2, 0.25) is 0 Å². The van der Waals surface area contributed by atoms with Gasteiger partial charge in [0.25, 0.3) is 0 Å². The molecule has 0 saturated heterocycles. The van der Waals surface area contributed by atoms with Crippen LogP contribution in [-0.2, 0) is 0 Å². The first-order valence-corrected chi connectivity index (χ1v) is 11.9. The highest BCUT2D eigenvalue weighted by Gasteiger charge is 2.61. The topological polar surface area (TPSA) is 50.2 Å². The van der Waals surface area contributed by atoms with Crippen molar-refractivity contribution in [1.29, 1.82) is 0 Å². The molecule has 1 aromatic rings. The fourth-order valence-electron chi connectivity index (χ4n) is 8.55. The fourth-order valence-corrected chi connectivity index (χ4v) is 8.55. The maximum atomic E-state index is 13.3. The molecule has 0 spiro atoms. The number of rotatable bonds is 2. The Morgan fingerprint density at radius 1 is 0.966 bits per heavy atom. The number of aromatic nitrogens is 1. The van der Waals surface area contributed by atoms with Crippen LogP contribution >= 0.6 is 0 Å². The molecule has 0 bridgehead atoms. The largest absolute Gasteiger partial charge is 0.390 e. The smallest absolute Gasteiger partial charge is 0.184 e. The zero-order valence-electron chi connectivity index (χ0n) is 18.4. The van der Waals surface area contributed by atoms with E-state index in [1.165, 1.54) is 38.5 Å². The van der Waals surface area contributed by atoms with Gasteiger partial charge < -0.3 is 5.11 Å². The van der Waals surface area contributed by atoms with Crippen LogP contribution in [0.1, 0.15) is 89.0 Å². The summed E-state index contributed by atoms with van der Waals surface area (Å²) in [5.74, 6) is 3.31. The summed E-state index contributed by atoms with van der Waals surface area (Å²) in [4.78, 5) is 17.7. The number of ketones is 1. The molecule has 29 heavy (non-hydrogen) atoms. The predicted molar refractivity (Wildman–Crippen MR) is 114 cm³/mol. The van der Waals surface area contributed by atoms with Crippen LogP contribution < -0.4 is 0 Å². The molecule has 4 fully saturated rings. The SMILES string of the molecule is CC12CC[C@@](C)(O)C[C@H]1CC[C@@H]1[C@@H]2CC[C@]2(C)[C@@H](C(=O)c3ccccn3)CC[C@@H]12. The van der Waals surface area contributed by atoms with Gasteiger partial charge in [0.05, 0.1) is 5.60 Å².